The van der Waals surface area contributed by atoms with Crippen molar-refractivity contribution in [3.05, 3.63) is 53.3 Å². The van der Waals surface area contributed by atoms with E-state index in [1.165, 1.54) is 16.4 Å². The van der Waals surface area contributed by atoms with Gasteiger partial charge in [-0.1, -0.05) is 29.3 Å². The summed E-state index contributed by atoms with van der Waals surface area (Å²) in [5.74, 6) is 0. The van der Waals surface area contributed by atoms with Gasteiger partial charge < -0.3 is 9.31 Å². The number of nitrogens with zero attached hydrogens (tertiary/aromatic N) is 2. The predicted octanol–water partition coefficient (Wildman–Crippen LogP) is 3.53. The van der Waals surface area contributed by atoms with Crippen LogP contribution in [0.15, 0.2) is 47.6 Å². The van der Waals surface area contributed by atoms with E-state index in [-0.39, 0.29) is 4.90 Å². The molecule has 4 rings (SSSR count). The summed E-state index contributed by atoms with van der Waals surface area (Å²) in [6.45, 7) is 9.68. The number of benzene rings is 1. The van der Waals surface area contributed by atoms with Gasteiger partial charge in [-0.25, -0.2) is 12.4 Å². The molecule has 0 N–H and O–H groups in total. The summed E-state index contributed by atoms with van der Waals surface area (Å²) < 4.78 is 40.2. The molecule has 2 aromatic heterocycles. The van der Waals surface area contributed by atoms with Crippen molar-refractivity contribution in [3.63, 3.8) is 0 Å². The van der Waals surface area contributed by atoms with E-state index in [0.717, 1.165) is 5.56 Å². The van der Waals surface area contributed by atoms with Crippen LogP contribution in [0.5, 0.6) is 0 Å². The first kappa shape index (κ1) is 20.4. The van der Waals surface area contributed by atoms with Gasteiger partial charge in [0.1, 0.15) is 0 Å². The Morgan fingerprint density at radius 2 is 1.66 bits per heavy atom. The molecule has 1 fully saturated rings. The second-order valence-corrected chi connectivity index (χ2v) is 10.6. The van der Waals surface area contributed by atoms with Gasteiger partial charge in [0.05, 0.1) is 32.2 Å². The van der Waals surface area contributed by atoms with Crippen molar-refractivity contribution in [2.45, 2.75) is 50.7 Å². The normalized spacial score (nSPS) is 18.5. The Hall–Kier alpha value is -1.87. The van der Waals surface area contributed by atoms with Crippen molar-refractivity contribution < 1.29 is 17.7 Å². The molecular weight excluding hydrogens is 411 g/mol. The molecule has 1 aliphatic heterocycles. The van der Waals surface area contributed by atoms with Gasteiger partial charge in [-0.2, -0.15) is 0 Å². The van der Waals surface area contributed by atoms with Crippen molar-refractivity contribution >= 4 is 45.2 Å². The summed E-state index contributed by atoms with van der Waals surface area (Å²) >= 11 is 6.13. The zero-order valence-corrected chi connectivity index (χ0v) is 18.5. The summed E-state index contributed by atoms with van der Waals surface area (Å²) in [6.07, 6.45) is 3.01. The highest BCUT2D eigenvalue weighted by Gasteiger charge is 2.52. The Bertz CT molecular complexity index is 1190. The molecule has 0 spiro atoms. The number of rotatable bonds is 3. The van der Waals surface area contributed by atoms with Crippen LogP contribution in [0.4, 0.5) is 0 Å². The van der Waals surface area contributed by atoms with Gasteiger partial charge in [-0.3, -0.25) is 4.98 Å². The van der Waals surface area contributed by atoms with Crippen LogP contribution in [0.25, 0.3) is 11.0 Å². The Morgan fingerprint density at radius 1 is 1.07 bits per heavy atom. The maximum atomic E-state index is 13.4. The zero-order chi connectivity index (χ0) is 21.2. The van der Waals surface area contributed by atoms with Gasteiger partial charge in [0.15, 0.2) is 0 Å². The fraction of sp³-hybridized carbons (Fsp3) is 0.350. The van der Waals surface area contributed by atoms with Crippen molar-refractivity contribution in [1.82, 2.24) is 8.96 Å². The largest absolute Gasteiger partial charge is 0.498 e. The van der Waals surface area contributed by atoms with Crippen LogP contribution in [0.1, 0.15) is 33.3 Å². The molecule has 29 heavy (non-hydrogen) atoms. The maximum absolute atomic E-state index is 13.4. The first-order valence-electron chi connectivity index (χ1n) is 9.27. The monoisotopic (exact) mass is 432 g/mol. The van der Waals surface area contributed by atoms with Crippen LogP contribution < -0.4 is 5.46 Å². The molecule has 3 heterocycles. The van der Waals surface area contributed by atoms with E-state index in [9.17, 15) is 8.42 Å². The van der Waals surface area contributed by atoms with E-state index < -0.39 is 28.3 Å². The number of pyridine rings is 1. The summed E-state index contributed by atoms with van der Waals surface area (Å²) in [6, 6.07) is 8.29. The lowest BCUT2D eigenvalue weighted by Crippen LogP contribution is -2.41. The third-order valence-corrected chi connectivity index (χ3v) is 7.58. The van der Waals surface area contributed by atoms with Crippen LogP contribution in [0.3, 0.4) is 0 Å². The van der Waals surface area contributed by atoms with Gasteiger partial charge in [0.25, 0.3) is 10.0 Å². The molecule has 0 bridgehead atoms. The first-order chi connectivity index (χ1) is 13.4. The highest BCUT2D eigenvalue weighted by Crippen LogP contribution is 2.37. The lowest BCUT2D eigenvalue weighted by atomic mass is 9.80. The van der Waals surface area contributed by atoms with Crippen molar-refractivity contribution in [2.75, 3.05) is 0 Å². The van der Waals surface area contributed by atoms with E-state index in [4.69, 9.17) is 20.9 Å². The van der Waals surface area contributed by atoms with Crippen LogP contribution in [0.2, 0.25) is 5.02 Å². The second kappa shape index (κ2) is 6.57. The molecule has 152 valence electrons. The molecule has 1 aliphatic rings. The molecule has 1 aromatic carbocycles. The van der Waals surface area contributed by atoms with Gasteiger partial charge in [0, 0.05) is 17.9 Å². The van der Waals surface area contributed by atoms with Gasteiger partial charge >= 0.3 is 7.12 Å². The smallest absolute Gasteiger partial charge is 0.399 e. The summed E-state index contributed by atoms with van der Waals surface area (Å²) in [4.78, 5) is 4.57. The number of hydrogen-bond donors (Lipinski definition) is 0. The third kappa shape index (κ3) is 3.28. The Kier molecular flexibility index (Phi) is 4.62. The fourth-order valence-electron chi connectivity index (χ4n) is 3.24. The minimum absolute atomic E-state index is 0.181. The van der Waals surface area contributed by atoms with E-state index in [0.29, 0.717) is 21.5 Å². The standard InChI is InChI=1S/C20H22BClN2O4S/c1-13-6-8-15(9-7-13)29(25,26)24-12-16(18-17(24)10-14(22)11-23-18)21-27-19(2,3)20(4,5)28-21/h6-12H,1-5H3. The number of halogens is 1. The number of aromatic nitrogens is 2. The Labute approximate surface area is 176 Å². The highest BCUT2D eigenvalue weighted by molar-refractivity contribution is 7.90. The Balaban J connectivity index is 1.91. The van der Waals surface area contributed by atoms with E-state index in [1.54, 1.807) is 30.3 Å². The molecule has 9 heteroatoms. The molecule has 0 atom stereocenters. The minimum Gasteiger partial charge on any atom is -0.399 e. The van der Waals surface area contributed by atoms with Crippen LogP contribution in [-0.4, -0.2) is 35.7 Å². The van der Waals surface area contributed by atoms with Crippen molar-refractivity contribution in [2.24, 2.45) is 0 Å². The SMILES string of the molecule is Cc1ccc(S(=O)(=O)n2cc(B3OC(C)(C)C(C)(C)O3)c3ncc(Cl)cc32)cc1. The van der Waals surface area contributed by atoms with Crippen LogP contribution in [0, 0.1) is 6.92 Å². The summed E-state index contributed by atoms with van der Waals surface area (Å²) in [7, 11) is -4.60. The zero-order valence-electron chi connectivity index (χ0n) is 16.9. The molecule has 0 aliphatic carbocycles. The number of aryl methyl sites for hydroxylation is 1. The highest BCUT2D eigenvalue weighted by atomic mass is 35.5. The molecule has 0 saturated carbocycles. The van der Waals surface area contributed by atoms with E-state index in [1.807, 2.05) is 34.6 Å². The van der Waals surface area contributed by atoms with Gasteiger partial charge in [-0.15, -0.1) is 0 Å². The summed E-state index contributed by atoms with van der Waals surface area (Å²) in [5.41, 5.74) is 1.25. The van der Waals surface area contributed by atoms with Gasteiger partial charge in [0.2, 0.25) is 0 Å². The lowest BCUT2D eigenvalue weighted by Gasteiger charge is -2.32. The average Bonchev–Trinajstić information content (AvgIpc) is 3.09. The molecule has 0 unspecified atom stereocenters. The predicted molar refractivity (Wildman–Crippen MR) is 114 cm³/mol. The van der Waals surface area contributed by atoms with Gasteiger partial charge in [-0.05, 0) is 52.8 Å². The lowest BCUT2D eigenvalue weighted by molar-refractivity contribution is 0.00578. The molecule has 1 saturated heterocycles. The van der Waals surface area contributed by atoms with E-state index in [2.05, 4.69) is 4.98 Å². The summed E-state index contributed by atoms with van der Waals surface area (Å²) in [5, 5.41) is 0.344. The molecule has 6 nitrogen and oxygen atoms in total. The number of fused-ring (bicyclic) bond motifs is 1. The third-order valence-electron chi connectivity index (χ3n) is 5.69. The molecule has 3 aromatic rings. The second-order valence-electron chi connectivity index (χ2n) is 8.31. The molecule has 0 radical (unpaired) electrons. The van der Waals surface area contributed by atoms with Crippen molar-refractivity contribution in [3.8, 4) is 0 Å². The molecular formula is C20H22BClN2O4S. The molecule has 0 amide bonds. The first-order valence-corrected chi connectivity index (χ1v) is 11.1. The quantitative estimate of drug-likeness (QED) is 0.592. The maximum Gasteiger partial charge on any atom is 0.498 e. The topological polar surface area (TPSA) is 70.4 Å². The fourth-order valence-corrected chi connectivity index (χ4v) is 4.75. The Morgan fingerprint density at radius 3 is 2.24 bits per heavy atom. The number of hydrogen-bond acceptors (Lipinski definition) is 5. The average molecular weight is 433 g/mol. The van der Waals surface area contributed by atoms with Crippen LogP contribution in [-0.2, 0) is 19.3 Å². The van der Waals surface area contributed by atoms with Crippen LogP contribution >= 0.6 is 11.6 Å². The van der Waals surface area contributed by atoms with Crippen molar-refractivity contribution in [1.29, 1.82) is 0 Å². The van der Waals surface area contributed by atoms with E-state index >= 15 is 0 Å². The minimum atomic E-state index is -3.86.